The van der Waals surface area contributed by atoms with Gasteiger partial charge in [-0.25, -0.2) is 4.98 Å². The number of rotatable bonds is 5. The van der Waals surface area contributed by atoms with Gasteiger partial charge < -0.3 is 19.2 Å². The molecule has 10 heteroatoms. The molecule has 2 aromatic heterocycles. The smallest absolute Gasteiger partial charge is 0.399 e. The lowest BCUT2D eigenvalue weighted by Crippen LogP contribution is -2.41. The van der Waals surface area contributed by atoms with Gasteiger partial charge in [0.2, 0.25) is 0 Å². The van der Waals surface area contributed by atoms with E-state index in [9.17, 15) is 0 Å². The molecule has 174 valence electrons. The molecule has 1 unspecified atom stereocenters. The van der Waals surface area contributed by atoms with Crippen LogP contribution in [0.1, 0.15) is 33.3 Å². The third-order valence-corrected chi connectivity index (χ3v) is 7.72. The van der Waals surface area contributed by atoms with Crippen molar-refractivity contribution >= 4 is 50.0 Å². The molecule has 2 aromatic carbocycles. The normalized spacial score (nSPS) is 18.4. The van der Waals surface area contributed by atoms with E-state index >= 15 is 0 Å². The van der Waals surface area contributed by atoms with E-state index in [1.165, 1.54) is 5.56 Å². The molecule has 1 atom stereocenters. The van der Waals surface area contributed by atoms with Gasteiger partial charge in [-0.3, -0.25) is 4.45 Å². The Morgan fingerprint density at radius 1 is 1.12 bits per heavy atom. The van der Waals surface area contributed by atoms with Gasteiger partial charge in [0.15, 0.2) is 5.82 Å². The van der Waals surface area contributed by atoms with Gasteiger partial charge >= 0.3 is 7.12 Å². The number of aromatic nitrogens is 4. The zero-order valence-electron chi connectivity index (χ0n) is 20.9. The van der Waals surface area contributed by atoms with Crippen LogP contribution in [0.3, 0.4) is 0 Å². The fourth-order valence-corrected chi connectivity index (χ4v) is 5.08. The summed E-state index contributed by atoms with van der Waals surface area (Å²) in [4.78, 5) is 10.6. The molecule has 0 aliphatic carbocycles. The van der Waals surface area contributed by atoms with E-state index in [0.29, 0.717) is 0 Å². The Hall–Kier alpha value is -2.18. The molecule has 2 radical (unpaired) electrons. The molecule has 7 nitrogen and oxygen atoms in total. The van der Waals surface area contributed by atoms with E-state index in [4.69, 9.17) is 27.0 Å². The maximum Gasteiger partial charge on any atom is 0.494 e. The summed E-state index contributed by atoms with van der Waals surface area (Å²) in [7, 11) is 9.04. The highest BCUT2D eigenvalue weighted by Gasteiger charge is 2.51. The zero-order valence-corrected chi connectivity index (χ0v) is 21.8. The summed E-state index contributed by atoms with van der Waals surface area (Å²) in [5.41, 5.74) is 5.01. The third-order valence-electron chi connectivity index (χ3n) is 6.82. The number of benzene rings is 2. The van der Waals surface area contributed by atoms with Crippen LogP contribution in [-0.4, -0.2) is 71.1 Å². The van der Waals surface area contributed by atoms with E-state index in [0.717, 1.165) is 45.5 Å². The predicted molar refractivity (Wildman–Crippen MR) is 142 cm³/mol. The fraction of sp³-hybridized carbons (Fsp3) is 0.417. The molecular weight excluding hydrogens is 443 g/mol. The molecule has 0 amide bonds. The molecule has 4 aromatic rings. The minimum atomic E-state index is -0.963. The van der Waals surface area contributed by atoms with Gasteiger partial charge in [0.05, 0.1) is 27.8 Å². The van der Waals surface area contributed by atoms with Crippen molar-refractivity contribution < 1.29 is 9.31 Å². The van der Waals surface area contributed by atoms with Crippen LogP contribution in [0.4, 0.5) is 0 Å². The summed E-state index contributed by atoms with van der Waals surface area (Å²) >= 11 is 0. The van der Waals surface area contributed by atoms with Crippen LogP contribution < -0.4 is 5.46 Å². The quantitative estimate of drug-likeness (QED) is 0.352. The standard InChI is InChI=1S/C24H30B2N5O2P/c1-23(2)24(3,4)33-26(32-23)16-11-12-19-17(13-16)21(29-31(19)34(7)25)22-27-18-10-8-9-15(14-30(5)6)20(18)28-22/h8-13H,14H2,1-7H3,(H,27,28). The largest absolute Gasteiger partial charge is 0.494 e. The Morgan fingerprint density at radius 3 is 2.47 bits per heavy atom. The first-order chi connectivity index (χ1) is 16.0. The highest BCUT2D eigenvalue weighted by molar-refractivity contribution is 7.80. The molecule has 34 heavy (non-hydrogen) atoms. The molecule has 1 saturated heterocycles. The Morgan fingerprint density at radius 2 is 1.82 bits per heavy atom. The number of hydrogen-bond donors (Lipinski definition) is 1. The minimum Gasteiger partial charge on any atom is -0.399 e. The maximum absolute atomic E-state index is 6.34. The van der Waals surface area contributed by atoms with Crippen LogP contribution in [0.2, 0.25) is 0 Å². The monoisotopic (exact) mass is 473 g/mol. The van der Waals surface area contributed by atoms with Gasteiger partial charge in [-0.15, -0.1) is 0 Å². The summed E-state index contributed by atoms with van der Waals surface area (Å²) in [5.74, 6) is 0.730. The summed E-state index contributed by atoms with van der Waals surface area (Å²) < 4.78 is 14.5. The van der Waals surface area contributed by atoms with Crippen LogP contribution in [0.15, 0.2) is 36.4 Å². The van der Waals surface area contributed by atoms with Gasteiger partial charge in [-0.05, 0) is 79.6 Å². The molecule has 1 N–H and O–H groups in total. The lowest BCUT2D eigenvalue weighted by Gasteiger charge is -2.32. The molecule has 0 spiro atoms. The second kappa shape index (κ2) is 8.20. The number of imidazole rings is 1. The van der Waals surface area contributed by atoms with Crippen molar-refractivity contribution in [1.82, 2.24) is 24.4 Å². The molecule has 0 bridgehead atoms. The topological polar surface area (TPSA) is 68.2 Å². The second-order valence-electron chi connectivity index (χ2n) is 10.3. The van der Waals surface area contributed by atoms with E-state index in [-0.39, 0.29) is 0 Å². The molecule has 3 heterocycles. The van der Waals surface area contributed by atoms with Gasteiger partial charge in [-0.2, -0.15) is 5.10 Å². The van der Waals surface area contributed by atoms with Crippen LogP contribution in [-0.2, 0) is 15.9 Å². The minimum absolute atomic E-state index is 0.407. The first-order valence-corrected chi connectivity index (χ1v) is 13.3. The van der Waals surface area contributed by atoms with Gasteiger partial charge in [-0.1, -0.05) is 24.3 Å². The summed E-state index contributed by atoms with van der Waals surface area (Å²) in [6.07, 6.45) is 0. The number of nitrogens with one attached hydrogen (secondary N) is 1. The lowest BCUT2D eigenvalue weighted by atomic mass is 9.78. The van der Waals surface area contributed by atoms with E-state index < -0.39 is 26.3 Å². The summed E-state index contributed by atoms with van der Waals surface area (Å²) in [5, 5.41) is 5.88. The fourth-order valence-electron chi connectivity index (χ4n) is 4.33. The Balaban J connectivity index is 1.65. The van der Waals surface area contributed by atoms with Crippen LogP contribution in [0.5, 0.6) is 0 Å². The van der Waals surface area contributed by atoms with Crippen molar-refractivity contribution in [3.63, 3.8) is 0 Å². The summed E-state index contributed by atoms with van der Waals surface area (Å²) in [6, 6.07) is 12.4. The van der Waals surface area contributed by atoms with Crippen molar-refractivity contribution in [2.24, 2.45) is 0 Å². The molecule has 1 aliphatic rings. The molecular formula is C24H30B2N5O2P. The zero-order chi connectivity index (χ0) is 24.4. The Bertz CT molecular complexity index is 1360. The second-order valence-corrected chi connectivity index (χ2v) is 11.8. The highest BCUT2D eigenvalue weighted by Crippen LogP contribution is 2.38. The number of hydrogen-bond acceptors (Lipinski definition) is 5. The third kappa shape index (κ3) is 3.89. The SMILES string of the molecule is [B]P(C)n1nc(-c2nc3c(CN(C)C)cccc3[nH]2)c2cc(B3OC(C)(C)C(C)(C)O3)ccc21. The molecule has 1 fully saturated rings. The van der Waals surface area contributed by atoms with Crippen molar-refractivity contribution in [1.29, 1.82) is 0 Å². The average Bonchev–Trinajstić information content (AvgIpc) is 3.39. The Kier molecular flexibility index (Phi) is 5.68. The number of aromatic amines is 1. The van der Waals surface area contributed by atoms with Gasteiger partial charge in [0.1, 0.15) is 13.3 Å². The highest BCUT2D eigenvalue weighted by atomic mass is 31.1. The van der Waals surface area contributed by atoms with E-state index in [2.05, 4.69) is 82.0 Å². The van der Waals surface area contributed by atoms with E-state index in [1.54, 1.807) is 0 Å². The predicted octanol–water partition coefficient (Wildman–Crippen LogP) is 3.90. The summed E-state index contributed by atoms with van der Waals surface area (Å²) in [6.45, 7) is 11.1. The van der Waals surface area contributed by atoms with Crippen LogP contribution in [0, 0.1) is 0 Å². The lowest BCUT2D eigenvalue weighted by molar-refractivity contribution is 0.00578. The maximum atomic E-state index is 6.34. The molecule has 1 aliphatic heterocycles. The Labute approximate surface area is 203 Å². The van der Waals surface area contributed by atoms with Crippen molar-refractivity contribution in [3.05, 3.63) is 42.0 Å². The van der Waals surface area contributed by atoms with Gasteiger partial charge in [0, 0.05) is 11.9 Å². The van der Waals surface area contributed by atoms with Crippen LogP contribution in [0.25, 0.3) is 33.5 Å². The molecule has 0 saturated carbocycles. The first kappa shape index (κ1) is 23.6. The van der Waals surface area contributed by atoms with Crippen molar-refractivity contribution in [2.75, 3.05) is 20.8 Å². The van der Waals surface area contributed by atoms with Crippen molar-refractivity contribution in [3.8, 4) is 11.5 Å². The average molecular weight is 473 g/mol. The van der Waals surface area contributed by atoms with Crippen LogP contribution >= 0.6 is 7.95 Å². The number of H-pyrrole nitrogens is 1. The van der Waals surface area contributed by atoms with Crippen molar-refractivity contribution in [2.45, 2.75) is 45.4 Å². The van der Waals surface area contributed by atoms with E-state index in [1.807, 2.05) is 17.2 Å². The number of fused-ring (bicyclic) bond motifs is 2. The number of nitrogens with zero attached hydrogens (tertiary/aromatic N) is 4. The first-order valence-electron chi connectivity index (χ1n) is 11.5. The van der Waals surface area contributed by atoms with Gasteiger partial charge in [0.25, 0.3) is 0 Å². The number of para-hydroxylation sites is 1. The molecule has 5 rings (SSSR count).